The molecule has 1 amide bonds. The number of esters is 2. The number of hydrogen-bond donors (Lipinski definition) is 1. The van der Waals surface area contributed by atoms with Crippen molar-refractivity contribution in [3.05, 3.63) is 30.1 Å². The van der Waals surface area contributed by atoms with Crippen molar-refractivity contribution in [2.24, 2.45) is 5.92 Å². The lowest BCUT2D eigenvalue weighted by Crippen LogP contribution is -2.47. The molecule has 0 heterocycles. The summed E-state index contributed by atoms with van der Waals surface area (Å²) >= 11 is 0. The minimum absolute atomic E-state index is 0.131. The third-order valence-corrected chi connectivity index (χ3v) is 3.52. The van der Waals surface area contributed by atoms with Crippen molar-refractivity contribution in [3.8, 4) is 5.75 Å². The smallest absolute Gasteiger partial charge is 0.344 e. The summed E-state index contributed by atoms with van der Waals surface area (Å²) in [5.74, 6) is -2.20. The van der Waals surface area contributed by atoms with Gasteiger partial charge in [0.25, 0.3) is 5.91 Å². The Morgan fingerprint density at radius 3 is 2.36 bits per heavy atom. The summed E-state index contributed by atoms with van der Waals surface area (Å²) in [5.41, 5.74) is 0. The van der Waals surface area contributed by atoms with Crippen LogP contribution in [0.4, 0.5) is 4.39 Å². The van der Waals surface area contributed by atoms with Crippen LogP contribution in [0.25, 0.3) is 0 Å². The van der Waals surface area contributed by atoms with Gasteiger partial charge >= 0.3 is 11.9 Å². The lowest BCUT2D eigenvalue weighted by molar-refractivity contribution is -0.152. The van der Waals surface area contributed by atoms with E-state index in [-0.39, 0.29) is 5.92 Å². The summed E-state index contributed by atoms with van der Waals surface area (Å²) in [7, 11) is 1.23. The molecule has 0 saturated heterocycles. The highest BCUT2D eigenvalue weighted by Crippen LogP contribution is 2.11. The maximum Gasteiger partial charge on any atom is 0.344 e. The van der Waals surface area contributed by atoms with Crippen molar-refractivity contribution in [3.63, 3.8) is 0 Å². The number of nitrogens with one attached hydrogen (secondary N) is 1. The lowest BCUT2D eigenvalue weighted by Gasteiger charge is -2.21. The van der Waals surface area contributed by atoms with E-state index in [4.69, 9.17) is 9.47 Å². The molecule has 1 N–H and O–H groups in total. The highest BCUT2D eigenvalue weighted by Gasteiger charge is 2.26. The fourth-order valence-corrected chi connectivity index (χ4v) is 1.87. The molecular weight excluding hydrogens is 333 g/mol. The third kappa shape index (κ3) is 7.19. The number of hydrogen-bond acceptors (Lipinski definition) is 6. The zero-order chi connectivity index (χ0) is 18.8. The van der Waals surface area contributed by atoms with E-state index in [1.54, 1.807) is 6.92 Å². The first-order valence-corrected chi connectivity index (χ1v) is 7.78. The first kappa shape index (κ1) is 20.4. The van der Waals surface area contributed by atoms with E-state index in [1.165, 1.54) is 31.4 Å². The van der Waals surface area contributed by atoms with Gasteiger partial charge in [-0.2, -0.15) is 0 Å². The van der Waals surface area contributed by atoms with Gasteiger partial charge in [-0.25, -0.2) is 14.0 Å². The molecule has 1 aromatic carbocycles. The van der Waals surface area contributed by atoms with E-state index in [1.807, 2.05) is 6.92 Å². The van der Waals surface area contributed by atoms with E-state index in [0.717, 1.165) is 0 Å². The molecule has 1 rings (SSSR count). The number of amides is 1. The van der Waals surface area contributed by atoms with Gasteiger partial charge in [-0.1, -0.05) is 20.3 Å². The molecule has 0 unspecified atom stereocenters. The van der Waals surface area contributed by atoms with E-state index in [0.29, 0.717) is 12.2 Å². The van der Waals surface area contributed by atoms with Crippen molar-refractivity contribution >= 4 is 17.8 Å². The third-order valence-electron chi connectivity index (χ3n) is 3.52. The molecule has 0 radical (unpaired) electrons. The van der Waals surface area contributed by atoms with E-state index < -0.39 is 42.9 Å². The SMILES string of the molecule is CC[C@H](C)[C@@H](NC(=O)COC(=O)COc1ccc(F)cc1)C(=O)OC. The molecule has 8 heteroatoms. The van der Waals surface area contributed by atoms with Crippen molar-refractivity contribution in [1.29, 1.82) is 0 Å². The summed E-state index contributed by atoms with van der Waals surface area (Å²) in [6, 6.07) is 4.30. The normalized spacial score (nSPS) is 12.6. The molecule has 0 aromatic heterocycles. The Kier molecular flexibility index (Phi) is 8.38. The average Bonchev–Trinajstić information content (AvgIpc) is 2.62. The van der Waals surface area contributed by atoms with Gasteiger partial charge in [0.05, 0.1) is 7.11 Å². The Bertz CT molecular complexity index is 589. The number of rotatable bonds is 9. The van der Waals surface area contributed by atoms with E-state index in [9.17, 15) is 18.8 Å². The van der Waals surface area contributed by atoms with Gasteiger partial charge in [0, 0.05) is 0 Å². The monoisotopic (exact) mass is 355 g/mol. The summed E-state index contributed by atoms with van der Waals surface area (Å²) in [5, 5.41) is 2.48. The molecule has 138 valence electrons. The van der Waals surface area contributed by atoms with Crippen molar-refractivity contribution < 1.29 is 33.0 Å². The molecule has 0 aliphatic heterocycles. The summed E-state index contributed by atoms with van der Waals surface area (Å²) in [4.78, 5) is 35.1. The number of ether oxygens (including phenoxy) is 3. The largest absolute Gasteiger partial charge is 0.482 e. The van der Waals surface area contributed by atoms with Gasteiger partial charge in [-0.3, -0.25) is 4.79 Å². The summed E-state index contributed by atoms with van der Waals surface area (Å²) < 4.78 is 27.3. The van der Waals surface area contributed by atoms with Gasteiger partial charge in [0.1, 0.15) is 17.6 Å². The standard InChI is InChI=1S/C17H22FNO6/c1-4-11(2)16(17(22)23-3)19-14(20)9-25-15(21)10-24-13-7-5-12(18)6-8-13/h5-8,11,16H,4,9-10H2,1-3H3,(H,19,20)/t11-,16+/m0/s1. The van der Waals surface area contributed by atoms with Crippen LogP contribution in [0.5, 0.6) is 5.75 Å². The predicted molar refractivity (Wildman–Crippen MR) is 86.3 cm³/mol. The number of halogens is 1. The molecule has 0 aliphatic rings. The molecule has 7 nitrogen and oxygen atoms in total. The fraction of sp³-hybridized carbons (Fsp3) is 0.471. The van der Waals surface area contributed by atoms with Crippen LogP contribution < -0.4 is 10.1 Å². The molecule has 0 saturated carbocycles. The highest BCUT2D eigenvalue weighted by molar-refractivity contribution is 5.86. The highest BCUT2D eigenvalue weighted by atomic mass is 19.1. The molecule has 25 heavy (non-hydrogen) atoms. The Hall–Kier alpha value is -2.64. The molecule has 0 bridgehead atoms. The van der Waals surface area contributed by atoms with Crippen LogP contribution in [0.15, 0.2) is 24.3 Å². The molecule has 1 aromatic rings. The van der Waals surface area contributed by atoms with Gasteiger partial charge in [-0.05, 0) is 30.2 Å². The lowest BCUT2D eigenvalue weighted by atomic mass is 9.99. The Morgan fingerprint density at radius 2 is 1.80 bits per heavy atom. The number of carbonyl (C=O) groups excluding carboxylic acids is 3. The van der Waals surface area contributed by atoms with Gasteiger partial charge in [-0.15, -0.1) is 0 Å². The zero-order valence-electron chi connectivity index (χ0n) is 14.4. The average molecular weight is 355 g/mol. The predicted octanol–water partition coefficient (Wildman–Crippen LogP) is 1.45. The maximum absolute atomic E-state index is 12.7. The zero-order valence-corrected chi connectivity index (χ0v) is 14.4. The quantitative estimate of drug-likeness (QED) is 0.674. The molecule has 2 atom stereocenters. The van der Waals surface area contributed by atoms with Crippen molar-refractivity contribution in [1.82, 2.24) is 5.32 Å². The van der Waals surface area contributed by atoms with Crippen LogP contribution in [0.2, 0.25) is 0 Å². The minimum atomic E-state index is -0.809. The maximum atomic E-state index is 12.7. The van der Waals surface area contributed by atoms with Crippen molar-refractivity contribution in [2.45, 2.75) is 26.3 Å². The minimum Gasteiger partial charge on any atom is -0.482 e. The van der Waals surface area contributed by atoms with Gasteiger partial charge < -0.3 is 19.5 Å². The Balaban J connectivity index is 2.39. The Labute approximate surface area is 145 Å². The topological polar surface area (TPSA) is 90.9 Å². The van der Waals surface area contributed by atoms with Crippen LogP contribution in [0, 0.1) is 11.7 Å². The van der Waals surface area contributed by atoms with Crippen LogP contribution in [-0.2, 0) is 23.9 Å². The first-order chi connectivity index (χ1) is 11.9. The van der Waals surface area contributed by atoms with Crippen LogP contribution >= 0.6 is 0 Å². The second-order valence-corrected chi connectivity index (χ2v) is 5.36. The van der Waals surface area contributed by atoms with Gasteiger partial charge in [0.2, 0.25) is 0 Å². The van der Waals surface area contributed by atoms with E-state index in [2.05, 4.69) is 10.1 Å². The van der Waals surface area contributed by atoms with Crippen LogP contribution in [0.1, 0.15) is 20.3 Å². The number of methoxy groups -OCH3 is 1. The first-order valence-electron chi connectivity index (χ1n) is 7.78. The van der Waals surface area contributed by atoms with Crippen LogP contribution in [-0.4, -0.2) is 44.2 Å². The molecule has 0 spiro atoms. The number of benzene rings is 1. The summed E-state index contributed by atoms with van der Waals surface area (Å²) in [6.07, 6.45) is 0.658. The van der Waals surface area contributed by atoms with Crippen molar-refractivity contribution in [2.75, 3.05) is 20.3 Å². The number of carbonyl (C=O) groups is 3. The van der Waals surface area contributed by atoms with E-state index >= 15 is 0 Å². The Morgan fingerprint density at radius 1 is 1.16 bits per heavy atom. The molecule has 0 fully saturated rings. The molecule has 0 aliphatic carbocycles. The second-order valence-electron chi connectivity index (χ2n) is 5.36. The second kappa shape index (κ2) is 10.3. The van der Waals surface area contributed by atoms with Gasteiger partial charge in [0.15, 0.2) is 13.2 Å². The summed E-state index contributed by atoms with van der Waals surface area (Å²) in [6.45, 7) is 2.70. The fourth-order valence-electron chi connectivity index (χ4n) is 1.87. The van der Waals surface area contributed by atoms with Crippen LogP contribution in [0.3, 0.4) is 0 Å². The molecular formula is C17H22FNO6.